The summed E-state index contributed by atoms with van der Waals surface area (Å²) < 4.78 is 25.7. The average Bonchev–Trinajstić information content (AvgIpc) is 3.05. The van der Waals surface area contributed by atoms with Gasteiger partial charge in [-0.1, -0.05) is 42.0 Å². The number of benzene rings is 2. The zero-order valence-electron chi connectivity index (χ0n) is 18.5. The van der Waals surface area contributed by atoms with E-state index in [-0.39, 0.29) is 6.04 Å². The second kappa shape index (κ2) is 8.20. The highest BCUT2D eigenvalue weighted by Gasteiger charge is 2.35. The lowest BCUT2D eigenvalue weighted by Crippen LogP contribution is -2.44. The Morgan fingerprint density at radius 2 is 1.87 bits per heavy atom. The van der Waals surface area contributed by atoms with Gasteiger partial charge in [0.25, 0.3) is 0 Å². The lowest BCUT2D eigenvalue weighted by molar-refractivity contribution is -0.0345. The number of aliphatic hydroxyl groups excluding tert-OH is 1. The molecule has 6 nitrogen and oxygen atoms in total. The molecule has 2 heterocycles. The Morgan fingerprint density at radius 1 is 1.16 bits per heavy atom. The summed E-state index contributed by atoms with van der Waals surface area (Å²) >= 11 is 0. The highest BCUT2D eigenvalue weighted by Crippen LogP contribution is 2.37. The largest absolute Gasteiger partial charge is 0.387 e. The van der Waals surface area contributed by atoms with Gasteiger partial charge < -0.3 is 15.1 Å². The third-order valence-electron chi connectivity index (χ3n) is 6.67. The highest BCUT2D eigenvalue weighted by atomic mass is 32.2. The molecular formula is C24H32N2O4S. The van der Waals surface area contributed by atoms with Crippen LogP contribution in [0, 0.1) is 6.92 Å². The van der Waals surface area contributed by atoms with Crippen LogP contribution >= 0.6 is 0 Å². The highest BCUT2D eigenvalue weighted by molar-refractivity contribution is 7.92. The molecule has 0 bridgehead atoms. The molecule has 1 fully saturated rings. The molecule has 0 radical (unpaired) electrons. The van der Waals surface area contributed by atoms with Crippen LogP contribution in [0.1, 0.15) is 48.1 Å². The van der Waals surface area contributed by atoms with Crippen LogP contribution in [0.2, 0.25) is 0 Å². The number of β-amino-alcohol motifs (C(OH)–C–C–N with tert-alkyl or cyclic N) is 1. The monoisotopic (exact) mass is 444 g/mol. The van der Waals surface area contributed by atoms with Crippen molar-refractivity contribution < 1.29 is 18.6 Å². The zero-order valence-corrected chi connectivity index (χ0v) is 19.3. The smallest absolute Gasteiger partial charge is 0.232 e. The summed E-state index contributed by atoms with van der Waals surface area (Å²) in [7, 11) is -3.32. The maximum atomic E-state index is 12.1. The molecule has 7 heteroatoms. The van der Waals surface area contributed by atoms with Crippen molar-refractivity contribution in [2.75, 3.05) is 30.2 Å². The van der Waals surface area contributed by atoms with Crippen LogP contribution in [-0.2, 0) is 22.0 Å². The van der Waals surface area contributed by atoms with Crippen molar-refractivity contribution in [2.45, 2.75) is 50.9 Å². The fourth-order valence-corrected chi connectivity index (χ4v) is 6.28. The number of sulfonamides is 1. The van der Waals surface area contributed by atoms with Crippen LogP contribution in [0.4, 0.5) is 5.69 Å². The summed E-state index contributed by atoms with van der Waals surface area (Å²) in [5, 5.41) is 22.0. The first-order chi connectivity index (χ1) is 14.6. The van der Waals surface area contributed by atoms with Gasteiger partial charge in [-0.05, 0) is 55.9 Å². The minimum atomic E-state index is -3.32. The molecule has 0 saturated carbocycles. The van der Waals surface area contributed by atoms with Crippen LogP contribution in [0.25, 0.3) is 0 Å². The molecule has 2 aliphatic rings. The Balaban J connectivity index is 1.41. The van der Waals surface area contributed by atoms with E-state index in [9.17, 15) is 18.6 Å². The standard InChI is InChI=1S/C24H32N2O4S/c1-17-5-4-6-21(13-17)24(28)9-11-25(12-10-24)16-23(27)19-7-8-22-20(15-19)14-18(2)26(22)31(3,29)30/h4-8,13,15,18,23,27-28H,9-12,14,16H2,1-3H3/t18-,23+/m0/s1. The van der Waals surface area contributed by atoms with Crippen molar-refractivity contribution >= 4 is 15.7 Å². The van der Waals surface area contributed by atoms with Crippen molar-refractivity contribution in [2.24, 2.45) is 0 Å². The normalized spacial score (nSPS) is 22.4. The first-order valence-electron chi connectivity index (χ1n) is 10.9. The fourth-order valence-electron chi connectivity index (χ4n) is 5.01. The molecule has 0 unspecified atom stereocenters. The van der Waals surface area contributed by atoms with Crippen LogP contribution in [0.15, 0.2) is 42.5 Å². The van der Waals surface area contributed by atoms with Crippen LogP contribution in [0.3, 0.4) is 0 Å². The van der Waals surface area contributed by atoms with E-state index < -0.39 is 21.7 Å². The Morgan fingerprint density at radius 3 is 2.52 bits per heavy atom. The summed E-state index contributed by atoms with van der Waals surface area (Å²) in [6.45, 7) is 5.86. The van der Waals surface area contributed by atoms with Gasteiger partial charge in [-0.2, -0.15) is 0 Å². The van der Waals surface area contributed by atoms with E-state index in [1.165, 1.54) is 10.6 Å². The zero-order chi connectivity index (χ0) is 22.4. The van der Waals surface area contributed by atoms with Gasteiger partial charge in [0.1, 0.15) is 0 Å². The van der Waals surface area contributed by atoms with Crippen LogP contribution < -0.4 is 4.31 Å². The number of fused-ring (bicyclic) bond motifs is 1. The second-order valence-electron chi connectivity index (χ2n) is 9.22. The number of aryl methyl sites for hydroxylation is 1. The lowest BCUT2D eigenvalue weighted by atomic mass is 9.83. The third kappa shape index (κ3) is 4.51. The number of rotatable bonds is 5. The predicted octanol–water partition coefficient (Wildman–Crippen LogP) is 2.72. The number of aliphatic hydroxyl groups is 2. The summed E-state index contributed by atoms with van der Waals surface area (Å²) in [5.74, 6) is 0. The van der Waals surface area contributed by atoms with Gasteiger partial charge in [0, 0.05) is 25.7 Å². The second-order valence-corrected chi connectivity index (χ2v) is 11.1. The van der Waals surface area contributed by atoms with Gasteiger partial charge >= 0.3 is 0 Å². The Kier molecular flexibility index (Phi) is 5.89. The lowest BCUT2D eigenvalue weighted by Gasteiger charge is -2.39. The molecule has 2 aromatic carbocycles. The maximum absolute atomic E-state index is 12.1. The quantitative estimate of drug-likeness (QED) is 0.741. The van der Waals surface area contributed by atoms with Crippen molar-refractivity contribution in [3.8, 4) is 0 Å². The molecule has 2 aromatic rings. The van der Waals surface area contributed by atoms with Crippen LogP contribution in [0.5, 0.6) is 0 Å². The Hall–Kier alpha value is -1.93. The van der Waals surface area contributed by atoms with E-state index >= 15 is 0 Å². The molecule has 2 aliphatic heterocycles. The van der Waals surface area contributed by atoms with E-state index in [1.54, 1.807) is 0 Å². The number of likely N-dealkylation sites (tertiary alicyclic amines) is 1. The molecule has 1 saturated heterocycles. The van der Waals surface area contributed by atoms with Gasteiger partial charge in [0.2, 0.25) is 10.0 Å². The number of anilines is 1. The van der Waals surface area contributed by atoms with E-state index in [0.717, 1.165) is 22.3 Å². The first kappa shape index (κ1) is 22.3. The van der Waals surface area contributed by atoms with Crippen molar-refractivity contribution in [1.29, 1.82) is 0 Å². The van der Waals surface area contributed by atoms with Crippen LogP contribution in [-0.4, -0.2) is 55.5 Å². The molecule has 0 amide bonds. The van der Waals surface area contributed by atoms with E-state index in [2.05, 4.69) is 11.0 Å². The minimum Gasteiger partial charge on any atom is -0.387 e. The SMILES string of the molecule is Cc1cccc(C2(O)CCN(C[C@@H](O)c3ccc4c(c3)C[C@H](C)N4S(C)(=O)=O)CC2)c1. The molecular weight excluding hydrogens is 412 g/mol. The topological polar surface area (TPSA) is 81.1 Å². The predicted molar refractivity (Wildman–Crippen MR) is 123 cm³/mol. The fraction of sp³-hybridized carbons (Fsp3) is 0.500. The maximum Gasteiger partial charge on any atom is 0.232 e. The van der Waals surface area contributed by atoms with Gasteiger partial charge in [-0.25, -0.2) is 8.42 Å². The molecule has 0 spiro atoms. The Bertz CT molecular complexity index is 1060. The molecule has 4 rings (SSSR count). The van der Waals surface area contributed by atoms with Gasteiger partial charge in [-0.15, -0.1) is 0 Å². The van der Waals surface area contributed by atoms with Gasteiger partial charge in [-0.3, -0.25) is 4.31 Å². The Labute approximate surface area is 185 Å². The molecule has 31 heavy (non-hydrogen) atoms. The molecule has 2 N–H and O–H groups in total. The summed E-state index contributed by atoms with van der Waals surface area (Å²) in [6.07, 6.45) is 2.49. The van der Waals surface area contributed by atoms with Crippen molar-refractivity contribution in [1.82, 2.24) is 4.90 Å². The summed E-state index contributed by atoms with van der Waals surface area (Å²) in [5.41, 5.74) is 3.78. The average molecular weight is 445 g/mol. The van der Waals surface area contributed by atoms with E-state index in [1.807, 2.05) is 50.2 Å². The number of nitrogens with zero attached hydrogens (tertiary/aromatic N) is 2. The van der Waals surface area contributed by atoms with Crippen molar-refractivity contribution in [3.63, 3.8) is 0 Å². The number of hydrogen-bond acceptors (Lipinski definition) is 5. The summed E-state index contributed by atoms with van der Waals surface area (Å²) in [4.78, 5) is 2.19. The molecule has 0 aliphatic carbocycles. The molecule has 168 valence electrons. The first-order valence-corrected chi connectivity index (χ1v) is 12.7. The van der Waals surface area contributed by atoms with Crippen molar-refractivity contribution in [3.05, 3.63) is 64.7 Å². The summed E-state index contributed by atoms with van der Waals surface area (Å²) in [6, 6.07) is 13.5. The number of piperidine rings is 1. The molecule has 2 atom stereocenters. The third-order valence-corrected chi connectivity index (χ3v) is 7.94. The minimum absolute atomic E-state index is 0.112. The molecule has 0 aromatic heterocycles. The van der Waals surface area contributed by atoms with Gasteiger partial charge in [0.05, 0.1) is 23.6 Å². The van der Waals surface area contributed by atoms with E-state index in [4.69, 9.17) is 0 Å². The van der Waals surface area contributed by atoms with Gasteiger partial charge in [0.15, 0.2) is 0 Å². The number of hydrogen-bond donors (Lipinski definition) is 2. The van der Waals surface area contributed by atoms with E-state index in [0.29, 0.717) is 44.6 Å².